The highest BCUT2D eigenvalue weighted by Crippen LogP contribution is 2.20. The molecule has 0 aliphatic carbocycles. The molecule has 0 fully saturated rings. The van der Waals surface area contributed by atoms with Gasteiger partial charge in [0.15, 0.2) is 0 Å². The molecule has 2 amide bonds. The van der Waals surface area contributed by atoms with E-state index in [-0.39, 0.29) is 12.0 Å². The molecular formula is C16H19BrN4O3S. The van der Waals surface area contributed by atoms with Crippen molar-refractivity contribution in [2.75, 3.05) is 19.5 Å². The SMILES string of the molecule is COC(=O)CCCc1nnc(NC(=O)N(C)Cc2ccccc2Br)s1. The second-order valence-corrected chi connectivity index (χ2v) is 7.22. The highest BCUT2D eigenvalue weighted by atomic mass is 79.9. The number of methoxy groups -OCH3 is 1. The second kappa shape index (κ2) is 9.47. The zero-order chi connectivity index (χ0) is 18.2. The molecule has 7 nitrogen and oxygen atoms in total. The first-order valence-corrected chi connectivity index (χ1v) is 9.25. The Bertz CT molecular complexity index is 738. The largest absolute Gasteiger partial charge is 0.469 e. The lowest BCUT2D eigenvalue weighted by atomic mass is 10.2. The highest BCUT2D eigenvalue weighted by Gasteiger charge is 2.14. The van der Waals surface area contributed by atoms with E-state index in [1.165, 1.54) is 18.4 Å². The number of hydrogen-bond donors (Lipinski definition) is 1. The number of rotatable bonds is 7. The first kappa shape index (κ1) is 19.3. The summed E-state index contributed by atoms with van der Waals surface area (Å²) in [5.74, 6) is -0.244. The van der Waals surface area contributed by atoms with E-state index in [9.17, 15) is 9.59 Å². The molecule has 9 heteroatoms. The van der Waals surface area contributed by atoms with E-state index in [4.69, 9.17) is 0 Å². The molecule has 0 atom stereocenters. The predicted molar refractivity (Wildman–Crippen MR) is 99.5 cm³/mol. The van der Waals surface area contributed by atoms with E-state index in [0.717, 1.165) is 15.0 Å². The third-order valence-electron chi connectivity index (χ3n) is 3.39. The summed E-state index contributed by atoms with van der Waals surface area (Å²) in [7, 11) is 3.08. The van der Waals surface area contributed by atoms with Crippen molar-refractivity contribution < 1.29 is 14.3 Å². The summed E-state index contributed by atoms with van der Waals surface area (Å²) >= 11 is 4.78. The minimum absolute atomic E-state index is 0.244. The number of nitrogens with one attached hydrogen (secondary N) is 1. The van der Waals surface area contributed by atoms with Gasteiger partial charge in [0, 0.05) is 30.9 Å². The molecule has 1 aromatic heterocycles. The highest BCUT2D eigenvalue weighted by molar-refractivity contribution is 9.10. The Labute approximate surface area is 158 Å². The topological polar surface area (TPSA) is 84.4 Å². The summed E-state index contributed by atoms with van der Waals surface area (Å²) in [6.07, 6.45) is 1.60. The second-order valence-electron chi connectivity index (χ2n) is 5.31. The van der Waals surface area contributed by atoms with Gasteiger partial charge in [0.2, 0.25) is 5.13 Å². The van der Waals surface area contributed by atoms with Crippen LogP contribution in [0.15, 0.2) is 28.7 Å². The summed E-state index contributed by atoms with van der Waals surface area (Å²) < 4.78 is 5.55. The number of benzene rings is 1. The fourth-order valence-electron chi connectivity index (χ4n) is 2.03. The van der Waals surface area contributed by atoms with Gasteiger partial charge in [-0.1, -0.05) is 45.5 Å². The van der Waals surface area contributed by atoms with E-state index in [1.54, 1.807) is 11.9 Å². The minimum Gasteiger partial charge on any atom is -0.469 e. The van der Waals surface area contributed by atoms with Crippen molar-refractivity contribution in [1.82, 2.24) is 15.1 Å². The first-order valence-electron chi connectivity index (χ1n) is 7.64. The number of esters is 1. The number of ether oxygens (including phenoxy) is 1. The Morgan fingerprint density at radius 1 is 1.32 bits per heavy atom. The molecule has 0 saturated heterocycles. The van der Waals surface area contributed by atoms with Gasteiger partial charge in [-0.15, -0.1) is 10.2 Å². The van der Waals surface area contributed by atoms with Crippen LogP contribution in [-0.2, 0) is 22.5 Å². The Morgan fingerprint density at radius 3 is 2.80 bits per heavy atom. The monoisotopic (exact) mass is 426 g/mol. The van der Waals surface area contributed by atoms with Gasteiger partial charge in [-0.3, -0.25) is 10.1 Å². The quantitative estimate of drug-likeness (QED) is 0.685. The lowest BCUT2D eigenvalue weighted by Gasteiger charge is -2.17. The van der Waals surface area contributed by atoms with E-state index < -0.39 is 0 Å². The smallest absolute Gasteiger partial charge is 0.323 e. The van der Waals surface area contributed by atoms with Crippen LogP contribution in [0.25, 0.3) is 0 Å². The molecule has 0 unspecified atom stereocenters. The number of halogens is 1. The predicted octanol–water partition coefficient (Wildman–Crippen LogP) is 3.46. The summed E-state index contributed by atoms with van der Waals surface area (Å²) in [4.78, 5) is 24.9. The molecule has 1 heterocycles. The average molecular weight is 427 g/mol. The van der Waals surface area contributed by atoms with Crippen LogP contribution in [0, 0.1) is 0 Å². The van der Waals surface area contributed by atoms with Crippen LogP contribution in [0.4, 0.5) is 9.93 Å². The third kappa shape index (κ3) is 6.09. The summed E-state index contributed by atoms with van der Waals surface area (Å²) in [5.41, 5.74) is 1.01. The van der Waals surface area contributed by atoms with E-state index in [1.807, 2.05) is 24.3 Å². The molecule has 134 valence electrons. The van der Waals surface area contributed by atoms with Crippen LogP contribution in [-0.4, -0.2) is 41.3 Å². The molecule has 0 bridgehead atoms. The standard InChI is InChI=1S/C16H19BrN4O3S/c1-21(10-11-6-3-4-7-12(11)17)16(23)18-15-20-19-13(25-15)8-5-9-14(22)24-2/h3-4,6-7H,5,8-10H2,1-2H3,(H,18,20,23). The molecule has 0 saturated carbocycles. The van der Waals surface area contributed by atoms with Crippen LogP contribution in [0.1, 0.15) is 23.4 Å². The minimum atomic E-state index is -0.256. The normalized spacial score (nSPS) is 10.4. The molecule has 25 heavy (non-hydrogen) atoms. The Morgan fingerprint density at radius 2 is 2.08 bits per heavy atom. The van der Waals surface area contributed by atoms with Gasteiger partial charge in [0.05, 0.1) is 7.11 Å². The van der Waals surface area contributed by atoms with Crippen LogP contribution >= 0.6 is 27.3 Å². The maximum Gasteiger partial charge on any atom is 0.323 e. The number of carbonyl (C=O) groups excluding carboxylic acids is 2. The number of aromatic nitrogens is 2. The fraction of sp³-hybridized carbons (Fsp3) is 0.375. The first-order chi connectivity index (χ1) is 12.0. The maximum absolute atomic E-state index is 12.3. The summed E-state index contributed by atoms with van der Waals surface area (Å²) in [6, 6.07) is 7.49. The molecule has 0 aliphatic heterocycles. The van der Waals surface area contributed by atoms with Gasteiger partial charge in [-0.05, 0) is 18.1 Å². The number of amides is 2. The number of anilines is 1. The molecule has 2 rings (SSSR count). The lowest BCUT2D eigenvalue weighted by Crippen LogP contribution is -2.30. The molecule has 1 N–H and O–H groups in total. The van der Waals surface area contributed by atoms with Gasteiger partial charge in [0.1, 0.15) is 5.01 Å². The Balaban J connectivity index is 1.84. The van der Waals surface area contributed by atoms with E-state index in [0.29, 0.717) is 30.9 Å². The Kier molecular flexibility index (Phi) is 7.32. The maximum atomic E-state index is 12.3. The van der Waals surface area contributed by atoms with Gasteiger partial charge < -0.3 is 9.64 Å². The average Bonchev–Trinajstić information content (AvgIpc) is 3.04. The van der Waals surface area contributed by atoms with Crippen LogP contribution in [0.5, 0.6) is 0 Å². The third-order valence-corrected chi connectivity index (χ3v) is 5.06. The van der Waals surface area contributed by atoms with Gasteiger partial charge in [-0.2, -0.15) is 0 Å². The van der Waals surface area contributed by atoms with Gasteiger partial charge in [-0.25, -0.2) is 4.79 Å². The van der Waals surface area contributed by atoms with Crippen LogP contribution in [0.3, 0.4) is 0 Å². The van der Waals surface area contributed by atoms with Crippen LogP contribution in [0.2, 0.25) is 0 Å². The molecule has 1 aromatic carbocycles. The van der Waals surface area contributed by atoms with Crippen molar-refractivity contribution in [3.05, 3.63) is 39.3 Å². The van der Waals surface area contributed by atoms with Gasteiger partial charge >= 0.3 is 12.0 Å². The Hall–Kier alpha value is -2.00. The van der Waals surface area contributed by atoms with Crippen LogP contribution < -0.4 is 5.32 Å². The van der Waals surface area contributed by atoms with Crippen molar-refractivity contribution in [3.8, 4) is 0 Å². The van der Waals surface area contributed by atoms with E-state index >= 15 is 0 Å². The number of urea groups is 1. The molecular weight excluding hydrogens is 408 g/mol. The van der Waals surface area contributed by atoms with E-state index in [2.05, 4.69) is 36.2 Å². The molecule has 2 aromatic rings. The number of aryl methyl sites for hydroxylation is 1. The zero-order valence-electron chi connectivity index (χ0n) is 14.0. The fourth-order valence-corrected chi connectivity index (χ4v) is 3.21. The van der Waals surface area contributed by atoms with Crippen molar-refractivity contribution in [2.45, 2.75) is 25.8 Å². The number of nitrogens with zero attached hydrogens (tertiary/aromatic N) is 3. The summed E-state index contributed by atoms with van der Waals surface area (Å²) in [5, 5.41) is 11.9. The lowest BCUT2D eigenvalue weighted by molar-refractivity contribution is -0.140. The van der Waals surface area contributed by atoms with Crippen molar-refractivity contribution in [2.24, 2.45) is 0 Å². The zero-order valence-corrected chi connectivity index (χ0v) is 16.4. The molecule has 0 spiro atoms. The molecule has 0 aliphatic rings. The van der Waals surface area contributed by atoms with Gasteiger partial charge in [0.25, 0.3) is 0 Å². The molecule has 0 radical (unpaired) electrons. The summed E-state index contributed by atoms with van der Waals surface area (Å²) in [6.45, 7) is 0.470. The number of hydrogen-bond acceptors (Lipinski definition) is 6. The van der Waals surface area contributed by atoms with Crippen molar-refractivity contribution >= 4 is 44.4 Å². The number of carbonyl (C=O) groups is 2. The van der Waals surface area contributed by atoms with Crippen molar-refractivity contribution in [3.63, 3.8) is 0 Å². The van der Waals surface area contributed by atoms with Crippen molar-refractivity contribution in [1.29, 1.82) is 0 Å².